The number of hydrogen-bond acceptors (Lipinski definition) is 2. The molecule has 16 heavy (non-hydrogen) atoms. The molecule has 2 unspecified atom stereocenters. The smallest absolute Gasteiger partial charge is 0.0690 e. The van der Waals surface area contributed by atoms with Gasteiger partial charge < -0.3 is 9.84 Å². The fourth-order valence-corrected chi connectivity index (χ4v) is 3.50. The minimum atomic E-state index is -0.633. The van der Waals surface area contributed by atoms with Crippen molar-refractivity contribution in [2.45, 2.75) is 78.1 Å². The Morgan fingerprint density at radius 3 is 2.12 bits per heavy atom. The third-order valence-corrected chi connectivity index (χ3v) is 3.65. The lowest BCUT2D eigenvalue weighted by Gasteiger charge is -2.38. The summed E-state index contributed by atoms with van der Waals surface area (Å²) in [5.41, 5.74) is -0.984. The van der Waals surface area contributed by atoms with Crippen LogP contribution in [0.2, 0.25) is 0 Å². The van der Waals surface area contributed by atoms with Crippen LogP contribution in [0.4, 0.5) is 0 Å². The number of ether oxygens (including phenoxy) is 1. The highest BCUT2D eigenvalue weighted by Crippen LogP contribution is 2.48. The van der Waals surface area contributed by atoms with Gasteiger partial charge in [-0.2, -0.15) is 0 Å². The molecule has 96 valence electrons. The van der Waals surface area contributed by atoms with E-state index in [9.17, 15) is 5.11 Å². The summed E-state index contributed by atoms with van der Waals surface area (Å²) in [6.07, 6.45) is 1.76. The van der Waals surface area contributed by atoms with E-state index in [0.29, 0.717) is 5.92 Å². The fourth-order valence-electron chi connectivity index (χ4n) is 3.50. The fraction of sp³-hybridized carbons (Fsp3) is 1.00. The van der Waals surface area contributed by atoms with E-state index >= 15 is 0 Å². The molecule has 1 rings (SSSR count). The molecule has 0 aromatic carbocycles. The maximum atomic E-state index is 10.7. The summed E-state index contributed by atoms with van der Waals surface area (Å²) in [5.74, 6) is 0.715. The molecule has 1 N–H and O–H groups in total. The van der Waals surface area contributed by atoms with Gasteiger partial charge in [-0.15, -0.1) is 0 Å². The van der Waals surface area contributed by atoms with Gasteiger partial charge in [-0.05, 0) is 53.4 Å². The minimum absolute atomic E-state index is 0.116. The molecule has 0 saturated carbocycles. The van der Waals surface area contributed by atoms with E-state index in [0.717, 1.165) is 12.8 Å². The van der Waals surface area contributed by atoms with Crippen LogP contribution in [0.15, 0.2) is 0 Å². The zero-order valence-corrected chi connectivity index (χ0v) is 11.9. The zero-order chi connectivity index (χ0) is 12.8. The first-order valence-electron chi connectivity index (χ1n) is 6.39. The first-order valence-corrected chi connectivity index (χ1v) is 6.39. The summed E-state index contributed by atoms with van der Waals surface area (Å²) < 4.78 is 6.06. The van der Waals surface area contributed by atoms with Gasteiger partial charge in [0.2, 0.25) is 0 Å². The number of rotatable bonds is 3. The monoisotopic (exact) mass is 228 g/mol. The van der Waals surface area contributed by atoms with Gasteiger partial charge in [-0.1, -0.05) is 13.8 Å². The Morgan fingerprint density at radius 1 is 1.31 bits per heavy atom. The van der Waals surface area contributed by atoms with Crippen LogP contribution in [0.1, 0.15) is 61.3 Å². The topological polar surface area (TPSA) is 29.5 Å². The lowest BCUT2D eigenvalue weighted by Crippen LogP contribution is -2.45. The molecule has 1 aliphatic heterocycles. The molecule has 1 aliphatic rings. The normalized spacial score (nSPS) is 31.7. The standard InChI is InChI=1S/C14H28O2/c1-10(2)8-14(7,15)11-9-12(3,4)16-13(11,5)6/h10-11,15H,8-9H2,1-7H3. The lowest BCUT2D eigenvalue weighted by atomic mass is 9.72. The largest absolute Gasteiger partial charge is 0.390 e. The third kappa shape index (κ3) is 2.98. The molecular weight excluding hydrogens is 200 g/mol. The van der Waals surface area contributed by atoms with Gasteiger partial charge >= 0.3 is 0 Å². The van der Waals surface area contributed by atoms with Crippen molar-refractivity contribution in [3.8, 4) is 0 Å². The van der Waals surface area contributed by atoms with E-state index < -0.39 is 5.60 Å². The highest BCUT2D eigenvalue weighted by molar-refractivity contribution is 5.02. The Morgan fingerprint density at radius 2 is 1.81 bits per heavy atom. The van der Waals surface area contributed by atoms with Gasteiger partial charge in [0.25, 0.3) is 0 Å². The molecule has 0 radical (unpaired) electrons. The Kier molecular flexibility index (Phi) is 3.49. The molecule has 2 heteroatoms. The van der Waals surface area contributed by atoms with Crippen molar-refractivity contribution in [3.63, 3.8) is 0 Å². The van der Waals surface area contributed by atoms with Crippen molar-refractivity contribution in [3.05, 3.63) is 0 Å². The summed E-state index contributed by atoms with van der Waals surface area (Å²) in [6, 6.07) is 0. The van der Waals surface area contributed by atoms with Crippen LogP contribution >= 0.6 is 0 Å². The summed E-state index contributed by atoms with van der Waals surface area (Å²) in [4.78, 5) is 0. The van der Waals surface area contributed by atoms with Crippen molar-refractivity contribution < 1.29 is 9.84 Å². The molecule has 1 saturated heterocycles. The quantitative estimate of drug-likeness (QED) is 0.802. The van der Waals surface area contributed by atoms with E-state index in [1.54, 1.807) is 0 Å². The van der Waals surface area contributed by atoms with Gasteiger partial charge in [0.15, 0.2) is 0 Å². The lowest BCUT2D eigenvalue weighted by molar-refractivity contribution is -0.112. The third-order valence-electron chi connectivity index (χ3n) is 3.65. The van der Waals surface area contributed by atoms with Crippen LogP contribution in [-0.2, 0) is 4.74 Å². The van der Waals surface area contributed by atoms with Crippen molar-refractivity contribution in [1.82, 2.24) is 0 Å². The molecule has 1 heterocycles. The molecular formula is C14H28O2. The van der Waals surface area contributed by atoms with Gasteiger partial charge in [0.1, 0.15) is 0 Å². The second kappa shape index (κ2) is 3.99. The van der Waals surface area contributed by atoms with Crippen molar-refractivity contribution in [2.75, 3.05) is 0 Å². The Labute approximate surface area is 100 Å². The van der Waals surface area contributed by atoms with E-state index in [2.05, 4.69) is 41.5 Å². The average Bonchev–Trinajstić information content (AvgIpc) is 2.16. The Balaban J connectivity index is 2.87. The molecule has 0 spiro atoms. The molecule has 0 aliphatic carbocycles. The van der Waals surface area contributed by atoms with E-state index in [-0.39, 0.29) is 17.1 Å². The predicted molar refractivity (Wildman–Crippen MR) is 67.4 cm³/mol. The van der Waals surface area contributed by atoms with Gasteiger partial charge in [-0.25, -0.2) is 0 Å². The van der Waals surface area contributed by atoms with Crippen molar-refractivity contribution >= 4 is 0 Å². The van der Waals surface area contributed by atoms with Crippen LogP contribution in [-0.4, -0.2) is 21.9 Å². The van der Waals surface area contributed by atoms with Crippen LogP contribution < -0.4 is 0 Å². The van der Waals surface area contributed by atoms with Crippen LogP contribution in [0.3, 0.4) is 0 Å². The summed E-state index contributed by atoms with van der Waals surface area (Å²) in [6.45, 7) is 14.7. The predicted octanol–water partition coefficient (Wildman–Crippen LogP) is 3.38. The van der Waals surface area contributed by atoms with E-state index in [1.165, 1.54) is 0 Å². The average molecular weight is 228 g/mol. The van der Waals surface area contributed by atoms with E-state index in [1.807, 2.05) is 6.92 Å². The second-order valence-electron chi connectivity index (χ2n) is 7.18. The highest BCUT2D eigenvalue weighted by Gasteiger charge is 2.53. The number of aliphatic hydroxyl groups is 1. The van der Waals surface area contributed by atoms with Crippen molar-refractivity contribution in [2.24, 2.45) is 11.8 Å². The van der Waals surface area contributed by atoms with Gasteiger partial charge in [-0.3, -0.25) is 0 Å². The molecule has 0 amide bonds. The summed E-state index contributed by atoms with van der Waals surface area (Å²) >= 11 is 0. The van der Waals surface area contributed by atoms with Crippen LogP contribution in [0.5, 0.6) is 0 Å². The van der Waals surface area contributed by atoms with Crippen LogP contribution in [0, 0.1) is 11.8 Å². The van der Waals surface area contributed by atoms with E-state index in [4.69, 9.17) is 4.74 Å². The van der Waals surface area contributed by atoms with Crippen LogP contribution in [0.25, 0.3) is 0 Å². The maximum Gasteiger partial charge on any atom is 0.0690 e. The van der Waals surface area contributed by atoms with Gasteiger partial charge in [0, 0.05) is 5.92 Å². The number of hydrogen-bond donors (Lipinski definition) is 1. The van der Waals surface area contributed by atoms with Crippen molar-refractivity contribution in [1.29, 1.82) is 0 Å². The molecule has 0 aromatic heterocycles. The molecule has 2 atom stereocenters. The first kappa shape index (κ1) is 14.0. The molecule has 2 nitrogen and oxygen atoms in total. The SMILES string of the molecule is CC(C)CC(C)(O)C1CC(C)(C)OC1(C)C. The minimum Gasteiger partial charge on any atom is -0.390 e. The highest BCUT2D eigenvalue weighted by atomic mass is 16.5. The maximum absolute atomic E-state index is 10.7. The zero-order valence-electron chi connectivity index (χ0n) is 11.9. The van der Waals surface area contributed by atoms with Gasteiger partial charge in [0.05, 0.1) is 16.8 Å². The first-order chi connectivity index (χ1) is 6.96. The molecule has 0 aromatic rings. The second-order valence-corrected chi connectivity index (χ2v) is 7.18. The summed E-state index contributed by atoms with van der Waals surface area (Å²) in [5, 5.41) is 10.7. The Hall–Kier alpha value is -0.0800. The molecule has 1 fully saturated rings. The Bertz CT molecular complexity index is 251. The summed E-state index contributed by atoms with van der Waals surface area (Å²) in [7, 11) is 0. The molecule has 0 bridgehead atoms.